The molecular weight excluding hydrogens is 253 g/mol. The number of alkyl halides is 3. The van der Waals surface area contributed by atoms with Crippen LogP contribution in [0, 0.1) is 5.92 Å². The molecule has 5 nitrogen and oxygen atoms in total. The lowest BCUT2D eigenvalue weighted by molar-refractivity contribution is -0.175. The molecule has 1 aliphatic heterocycles. The van der Waals surface area contributed by atoms with Crippen molar-refractivity contribution in [3.05, 3.63) is 0 Å². The van der Waals surface area contributed by atoms with Crippen LogP contribution in [-0.2, 0) is 14.3 Å². The monoisotopic (exact) mass is 268 g/mol. The zero-order valence-corrected chi connectivity index (χ0v) is 9.84. The van der Waals surface area contributed by atoms with Gasteiger partial charge in [0.15, 0.2) is 0 Å². The molecule has 8 heteroatoms. The fourth-order valence-corrected chi connectivity index (χ4v) is 1.79. The van der Waals surface area contributed by atoms with E-state index >= 15 is 0 Å². The number of piperidine rings is 1. The maximum Gasteiger partial charge on any atom is 0.471 e. The van der Waals surface area contributed by atoms with Crippen molar-refractivity contribution in [2.45, 2.75) is 25.6 Å². The van der Waals surface area contributed by atoms with Crippen LogP contribution in [0.4, 0.5) is 13.2 Å². The lowest BCUT2D eigenvalue weighted by Gasteiger charge is -2.31. The Morgan fingerprint density at radius 3 is 2.67 bits per heavy atom. The highest BCUT2D eigenvalue weighted by atomic mass is 19.4. The summed E-state index contributed by atoms with van der Waals surface area (Å²) in [5.41, 5.74) is 0. The second-order valence-corrected chi connectivity index (χ2v) is 3.93. The third-order valence-corrected chi connectivity index (χ3v) is 2.65. The Morgan fingerprint density at radius 2 is 2.11 bits per heavy atom. The molecule has 2 unspecified atom stereocenters. The number of carbonyl (C=O) groups is 2. The summed E-state index contributed by atoms with van der Waals surface area (Å²) in [5, 5.41) is 4.65. The molecule has 0 aliphatic carbocycles. The lowest BCUT2D eigenvalue weighted by Crippen LogP contribution is -2.56. The summed E-state index contributed by atoms with van der Waals surface area (Å²) in [6, 6.07) is -0.896. The van der Waals surface area contributed by atoms with Gasteiger partial charge in [-0.25, -0.2) is 0 Å². The number of carbonyl (C=O) groups excluding carboxylic acids is 2. The van der Waals surface area contributed by atoms with Crippen LogP contribution in [0.3, 0.4) is 0 Å². The van der Waals surface area contributed by atoms with E-state index in [-0.39, 0.29) is 13.2 Å². The topological polar surface area (TPSA) is 67.4 Å². The van der Waals surface area contributed by atoms with E-state index in [0.29, 0.717) is 13.0 Å². The Morgan fingerprint density at radius 1 is 1.44 bits per heavy atom. The number of hydrogen-bond donors (Lipinski definition) is 2. The van der Waals surface area contributed by atoms with Gasteiger partial charge in [0, 0.05) is 6.54 Å². The molecule has 0 bridgehead atoms. The molecule has 1 amide bonds. The minimum Gasteiger partial charge on any atom is -0.466 e. The van der Waals surface area contributed by atoms with Gasteiger partial charge >= 0.3 is 18.1 Å². The first-order valence-corrected chi connectivity index (χ1v) is 5.61. The summed E-state index contributed by atoms with van der Waals surface area (Å²) in [4.78, 5) is 22.4. The number of esters is 1. The van der Waals surface area contributed by atoms with E-state index in [4.69, 9.17) is 4.74 Å². The molecule has 18 heavy (non-hydrogen) atoms. The van der Waals surface area contributed by atoms with Crippen LogP contribution in [0.5, 0.6) is 0 Å². The zero-order valence-electron chi connectivity index (χ0n) is 9.84. The molecule has 1 aliphatic rings. The molecule has 0 aromatic carbocycles. The van der Waals surface area contributed by atoms with Crippen molar-refractivity contribution in [1.82, 2.24) is 10.6 Å². The van der Waals surface area contributed by atoms with Crippen molar-refractivity contribution < 1.29 is 27.5 Å². The maximum absolute atomic E-state index is 12.1. The number of halogens is 3. The summed E-state index contributed by atoms with van der Waals surface area (Å²) < 4.78 is 41.2. The molecule has 0 spiro atoms. The Balaban J connectivity index is 2.65. The van der Waals surface area contributed by atoms with E-state index < -0.39 is 30.0 Å². The van der Waals surface area contributed by atoms with Gasteiger partial charge in [-0.1, -0.05) is 0 Å². The second-order valence-electron chi connectivity index (χ2n) is 3.93. The molecule has 1 saturated heterocycles. The van der Waals surface area contributed by atoms with Crippen LogP contribution < -0.4 is 10.6 Å². The number of ether oxygens (including phenoxy) is 1. The maximum atomic E-state index is 12.1. The average Bonchev–Trinajstić information content (AvgIpc) is 2.28. The van der Waals surface area contributed by atoms with Crippen molar-refractivity contribution in [2.24, 2.45) is 5.92 Å². The van der Waals surface area contributed by atoms with Crippen molar-refractivity contribution in [3.63, 3.8) is 0 Å². The summed E-state index contributed by atoms with van der Waals surface area (Å²) in [7, 11) is 0. The zero-order chi connectivity index (χ0) is 13.8. The minimum atomic E-state index is -4.95. The predicted octanol–water partition coefficient (Wildman–Crippen LogP) is 0.206. The number of amides is 1. The van der Waals surface area contributed by atoms with Gasteiger partial charge in [0.1, 0.15) is 0 Å². The Hall–Kier alpha value is -1.31. The van der Waals surface area contributed by atoms with E-state index in [0.717, 1.165) is 0 Å². The van der Waals surface area contributed by atoms with Crippen LogP contribution in [0.2, 0.25) is 0 Å². The van der Waals surface area contributed by atoms with Crippen LogP contribution >= 0.6 is 0 Å². The average molecular weight is 268 g/mol. The van der Waals surface area contributed by atoms with Gasteiger partial charge in [-0.2, -0.15) is 13.2 Å². The number of nitrogens with one attached hydrogen (secondary N) is 2. The molecule has 104 valence electrons. The SMILES string of the molecule is CCOC(=O)C1CCNCC1NC(=O)C(F)(F)F. The minimum absolute atomic E-state index is 0.116. The van der Waals surface area contributed by atoms with E-state index in [2.05, 4.69) is 5.32 Å². The first kappa shape index (κ1) is 14.7. The first-order valence-electron chi connectivity index (χ1n) is 5.61. The standard InChI is InChI=1S/C10H15F3N2O3/c1-2-18-8(16)6-3-4-14-5-7(6)15-9(17)10(11,12)13/h6-7,14H,2-5H2,1H3,(H,15,17). The van der Waals surface area contributed by atoms with Crippen LogP contribution in [0.15, 0.2) is 0 Å². The molecular formula is C10H15F3N2O3. The third kappa shape index (κ3) is 3.86. The van der Waals surface area contributed by atoms with Gasteiger partial charge in [0.2, 0.25) is 0 Å². The molecule has 1 rings (SSSR count). The van der Waals surface area contributed by atoms with Crippen LogP contribution in [-0.4, -0.2) is 43.8 Å². The molecule has 2 N–H and O–H groups in total. The van der Waals surface area contributed by atoms with E-state index in [1.54, 1.807) is 6.92 Å². The van der Waals surface area contributed by atoms with Gasteiger partial charge in [0.25, 0.3) is 0 Å². The van der Waals surface area contributed by atoms with Gasteiger partial charge < -0.3 is 15.4 Å². The fraction of sp³-hybridized carbons (Fsp3) is 0.800. The lowest BCUT2D eigenvalue weighted by atomic mass is 9.92. The summed E-state index contributed by atoms with van der Waals surface area (Å²) >= 11 is 0. The second kappa shape index (κ2) is 6.03. The molecule has 0 aromatic rings. The van der Waals surface area contributed by atoms with E-state index in [1.165, 1.54) is 0 Å². The number of hydrogen-bond acceptors (Lipinski definition) is 4. The number of rotatable bonds is 3. The van der Waals surface area contributed by atoms with Crippen molar-refractivity contribution in [3.8, 4) is 0 Å². The molecule has 1 heterocycles. The van der Waals surface area contributed by atoms with E-state index in [1.807, 2.05) is 5.32 Å². The van der Waals surface area contributed by atoms with Gasteiger partial charge in [-0.3, -0.25) is 9.59 Å². The predicted molar refractivity (Wildman–Crippen MR) is 55.6 cm³/mol. The first-order chi connectivity index (χ1) is 8.36. The van der Waals surface area contributed by atoms with Crippen LogP contribution in [0.1, 0.15) is 13.3 Å². The highest BCUT2D eigenvalue weighted by Gasteiger charge is 2.42. The molecule has 0 aromatic heterocycles. The third-order valence-electron chi connectivity index (χ3n) is 2.65. The largest absolute Gasteiger partial charge is 0.471 e. The molecule has 1 fully saturated rings. The van der Waals surface area contributed by atoms with Crippen molar-refractivity contribution in [1.29, 1.82) is 0 Å². The Labute approximate surface area is 102 Å². The highest BCUT2D eigenvalue weighted by molar-refractivity contribution is 5.83. The van der Waals surface area contributed by atoms with Gasteiger partial charge in [0.05, 0.1) is 18.6 Å². The van der Waals surface area contributed by atoms with E-state index in [9.17, 15) is 22.8 Å². The molecule has 0 radical (unpaired) electrons. The van der Waals surface area contributed by atoms with Crippen molar-refractivity contribution in [2.75, 3.05) is 19.7 Å². The fourth-order valence-electron chi connectivity index (χ4n) is 1.79. The molecule has 0 saturated carbocycles. The van der Waals surface area contributed by atoms with Gasteiger partial charge in [-0.05, 0) is 19.9 Å². The quantitative estimate of drug-likeness (QED) is 0.718. The smallest absolute Gasteiger partial charge is 0.466 e. The molecule has 2 atom stereocenters. The normalized spacial score (nSPS) is 24.4. The van der Waals surface area contributed by atoms with Crippen LogP contribution in [0.25, 0.3) is 0 Å². The Bertz CT molecular complexity index is 320. The Kier molecular flexibility index (Phi) is 4.94. The van der Waals surface area contributed by atoms with Gasteiger partial charge in [-0.15, -0.1) is 0 Å². The highest BCUT2D eigenvalue weighted by Crippen LogP contribution is 2.19. The summed E-state index contributed by atoms with van der Waals surface area (Å²) in [6.07, 6.45) is -4.61. The summed E-state index contributed by atoms with van der Waals surface area (Å²) in [6.45, 7) is 2.39. The van der Waals surface area contributed by atoms with Crippen molar-refractivity contribution >= 4 is 11.9 Å². The summed E-state index contributed by atoms with van der Waals surface area (Å²) in [5.74, 6) is -3.35.